The molecule has 4 aromatic rings. The van der Waals surface area contributed by atoms with Crippen molar-refractivity contribution in [2.24, 2.45) is 0 Å². The van der Waals surface area contributed by atoms with Gasteiger partial charge in [-0.2, -0.15) is 0 Å². The predicted octanol–water partition coefficient (Wildman–Crippen LogP) is 4.01. The summed E-state index contributed by atoms with van der Waals surface area (Å²) in [5.41, 5.74) is 1.97. The Hall–Kier alpha value is -4.21. The second-order valence-electron chi connectivity index (χ2n) is 7.20. The number of para-hydroxylation sites is 1. The van der Waals surface area contributed by atoms with Crippen LogP contribution in [-0.4, -0.2) is 40.1 Å². The van der Waals surface area contributed by atoms with Crippen LogP contribution in [0.3, 0.4) is 0 Å². The molecule has 1 amide bonds. The van der Waals surface area contributed by atoms with Gasteiger partial charge in [-0.15, -0.1) is 5.10 Å². The summed E-state index contributed by atoms with van der Waals surface area (Å²) in [6.07, 6.45) is 0. The summed E-state index contributed by atoms with van der Waals surface area (Å²) >= 11 is 0. The predicted molar refractivity (Wildman–Crippen MR) is 118 cm³/mol. The minimum Gasteiger partial charge on any atom is -0.497 e. The minimum atomic E-state index is -0.551. The van der Waals surface area contributed by atoms with Gasteiger partial charge in [-0.05, 0) is 38.1 Å². The van der Waals surface area contributed by atoms with Crippen molar-refractivity contribution < 1.29 is 23.1 Å². The second kappa shape index (κ2) is 9.11. The lowest BCUT2D eigenvalue weighted by Crippen LogP contribution is -2.15. The van der Waals surface area contributed by atoms with Crippen LogP contribution >= 0.6 is 0 Å². The van der Waals surface area contributed by atoms with Crippen LogP contribution in [-0.2, 0) is 6.54 Å². The van der Waals surface area contributed by atoms with Crippen molar-refractivity contribution in [3.63, 3.8) is 0 Å². The fourth-order valence-electron chi connectivity index (χ4n) is 3.27. The van der Waals surface area contributed by atoms with Crippen LogP contribution in [0.1, 0.15) is 27.6 Å². The number of amides is 1. The van der Waals surface area contributed by atoms with E-state index in [-0.39, 0.29) is 17.9 Å². The number of nitrogens with one attached hydrogen (secondary N) is 1. The van der Waals surface area contributed by atoms with Crippen LogP contribution in [0.2, 0.25) is 0 Å². The standard InChI is InChI=1S/C23H22FN5O4/c1-13-21(22(30)25-18-8-6-5-7-17(18)24)27-28-29(13)12-19-14(2)33-23(26-19)16-10-9-15(31-3)11-20(16)32-4/h5-11H,12H2,1-4H3,(H,25,30). The number of aryl methyl sites for hydroxylation is 1. The molecule has 0 aliphatic rings. The van der Waals surface area contributed by atoms with Gasteiger partial charge >= 0.3 is 0 Å². The monoisotopic (exact) mass is 451 g/mol. The number of benzene rings is 2. The molecular weight excluding hydrogens is 429 g/mol. The van der Waals surface area contributed by atoms with E-state index in [4.69, 9.17) is 13.9 Å². The van der Waals surface area contributed by atoms with E-state index in [1.165, 1.54) is 16.8 Å². The quantitative estimate of drug-likeness (QED) is 0.453. The van der Waals surface area contributed by atoms with Gasteiger partial charge in [0.1, 0.15) is 28.8 Å². The first-order valence-electron chi connectivity index (χ1n) is 10.1. The fourth-order valence-corrected chi connectivity index (χ4v) is 3.27. The molecule has 33 heavy (non-hydrogen) atoms. The van der Waals surface area contributed by atoms with E-state index in [1.54, 1.807) is 58.4 Å². The number of carbonyl (C=O) groups is 1. The van der Waals surface area contributed by atoms with Crippen LogP contribution in [0, 0.1) is 19.7 Å². The van der Waals surface area contributed by atoms with E-state index in [1.807, 2.05) is 0 Å². The molecule has 0 unspecified atom stereocenters. The number of halogens is 1. The van der Waals surface area contributed by atoms with Crippen LogP contribution in [0.25, 0.3) is 11.5 Å². The maximum absolute atomic E-state index is 13.9. The Morgan fingerprint density at radius 2 is 1.94 bits per heavy atom. The molecule has 0 aliphatic carbocycles. The van der Waals surface area contributed by atoms with Gasteiger partial charge in [-0.1, -0.05) is 17.3 Å². The van der Waals surface area contributed by atoms with Crippen molar-refractivity contribution in [1.29, 1.82) is 0 Å². The summed E-state index contributed by atoms with van der Waals surface area (Å²) < 4.78 is 31.9. The molecule has 2 aromatic heterocycles. The van der Waals surface area contributed by atoms with Crippen molar-refractivity contribution in [3.8, 4) is 23.0 Å². The smallest absolute Gasteiger partial charge is 0.278 e. The number of carbonyl (C=O) groups excluding carboxylic acids is 1. The van der Waals surface area contributed by atoms with Gasteiger partial charge in [-0.25, -0.2) is 14.1 Å². The highest BCUT2D eigenvalue weighted by Crippen LogP contribution is 2.33. The number of hydrogen-bond acceptors (Lipinski definition) is 7. The Morgan fingerprint density at radius 1 is 1.15 bits per heavy atom. The molecule has 2 heterocycles. The number of aromatic nitrogens is 4. The average molecular weight is 451 g/mol. The molecule has 0 atom stereocenters. The Kier molecular flexibility index (Phi) is 6.07. The van der Waals surface area contributed by atoms with Gasteiger partial charge < -0.3 is 19.2 Å². The highest BCUT2D eigenvalue weighted by Gasteiger charge is 2.21. The number of oxazole rings is 1. The van der Waals surface area contributed by atoms with E-state index in [0.29, 0.717) is 40.1 Å². The molecule has 1 N–H and O–H groups in total. The molecule has 10 heteroatoms. The third kappa shape index (κ3) is 4.40. The maximum Gasteiger partial charge on any atom is 0.278 e. The normalized spacial score (nSPS) is 10.8. The zero-order valence-corrected chi connectivity index (χ0v) is 18.5. The van der Waals surface area contributed by atoms with E-state index >= 15 is 0 Å². The molecule has 0 fully saturated rings. The van der Waals surface area contributed by atoms with Gasteiger partial charge in [0.2, 0.25) is 5.89 Å². The molecule has 4 rings (SSSR count). The number of rotatable bonds is 7. The Balaban J connectivity index is 1.56. The molecule has 0 saturated carbocycles. The largest absolute Gasteiger partial charge is 0.497 e. The molecule has 0 radical (unpaired) electrons. The molecule has 9 nitrogen and oxygen atoms in total. The Morgan fingerprint density at radius 3 is 2.67 bits per heavy atom. The first kappa shape index (κ1) is 22.0. The topological polar surface area (TPSA) is 104 Å². The van der Waals surface area contributed by atoms with E-state index in [9.17, 15) is 9.18 Å². The van der Waals surface area contributed by atoms with Crippen molar-refractivity contribution in [3.05, 3.63) is 71.1 Å². The second-order valence-corrected chi connectivity index (χ2v) is 7.20. The Labute approximate surface area is 189 Å². The number of methoxy groups -OCH3 is 2. The van der Waals surface area contributed by atoms with Gasteiger partial charge in [0.25, 0.3) is 5.91 Å². The van der Waals surface area contributed by atoms with Crippen molar-refractivity contribution >= 4 is 11.6 Å². The van der Waals surface area contributed by atoms with Gasteiger partial charge in [0.05, 0.1) is 37.7 Å². The first-order chi connectivity index (χ1) is 15.9. The third-order valence-electron chi connectivity index (χ3n) is 5.15. The van der Waals surface area contributed by atoms with Crippen molar-refractivity contribution in [2.75, 3.05) is 19.5 Å². The SMILES string of the molecule is COc1ccc(-c2nc(Cn3nnc(C(=O)Nc4ccccc4F)c3C)c(C)o2)c(OC)c1. The average Bonchev–Trinajstić information content (AvgIpc) is 3.37. The lowest BCUT2D eigenvalue weighted by molar-refractivity contribution is 0.102. The third-order valence-corrected chi connectivity index (χ3v) is 5.15. The molecule has 0 spiro atoms. The number of nitrogens with zero attached hydrogens (tertiary/aromatic N) is 4. The summed E-state index contributed by atoms with van der Waals surface area (Å²) in [6, 6.07) is 11.3. The summed E-state index contributed by atoms with van der Waals surface area (Å²) in [4.78, 5) is 17.2. The summed E-state index contributed by atoms with van der Waals surface area (Å²) in [7, 11) is 3.13. The molecule has 0 saturated heterocycles. The fraction of sp³-hybridized carbons (Fsp3) is 0.217. The zero-order chi connectivity index (χ0) is 23.5. The van der Waals surface area contributed by atoms with E-state index < -0.39 is 11.7 Å². The van der Waals surface area contributed by atoms with Crippen LogP contribution < -0.4 is 14.8 Å². The Bertz CT molecular complexity index is 1310. The van der Waals surface area contributed by atoms with Crippen molar-refractivity contribution in [1.82, 2.24) is 20.0 Å². The molecule has 0 bridgehead atoms. The minimum absolute atomic E-state index is 0.0712. The first-order valence-corrected chi connectivity index (χ1v) is 10.1. The van der Waals surface area contributed by atoms with E-state index in [0.717, 1.165) is 0 Å². The van der Waals surface area contributed by atoms with Crippen molar-refractivity contribution in [2.45, 2.75) is 20.4 Å². The van der Waals surface area contributed by atoms with E-state index in [2.05, 4.69) is 20.6 Å². The zero-order valence-electron chi connectivity index (χ0n) is 18.5. The molecule has 2 aromatic carbocycles. The molecular formula is C23H22FN5O4. The van der Waals surface area contributed by atoms with Gasteiger partial charge in [-0.3, -0.25) is 4.79 Å². The lowest BCUT2D eigenvalue weighted by atomic mass is 10.2. The van der Waals surface area contributed by atoms with Gasteiger partial charge in [0, 0.05) is 6.07 Å². The lowest BCUT2D eigenvalue weighted by Gasteiger charge is -2.07. The van der Waals surface area contributed by atoms with Crippen LogP contribution in [0.5, 0.6) is 11.5 Å². The summed E-state index contributed by atoms with van der Waals surface area (Å²) in [5.74, 6) is 1.11. The number of hydrogen-bond donors (Lipinski definition) is 1. The van der Waals surface area contributed by atoms with Crippen LogP contribution in [0.15, 0.2) is 46.9 Å². The van der Waals surface area contributed by atoms with Crippen LogP contribution in [0.4, 0.5) is 10.1 Å². The number of anilines is 1. The summed E-state index contributed by atoms with van der Waals surface area (Å²) in [5, 5.41) is 10.5. The summed E-state index contributed by atoms with van der Waals surface area (Å²) in [6.45, 7) is 3.73. The molecule has 170 valence electrons. The highest BCUT2D eigenvalue weighted by molar-refractivity contribution is 6.03. The molecule has 0 aliphatic heterocycles. The maximum atomic E-state index is 13.9. The van der Waals surface area contributed by atoms with Gasteiger partial charge in [0.15, 0.2) is 5.69 Å². The number of ether oxygens (including phenoxy) is 2. The highest BCUT2D eigenvalue weighted by atomic mass is 19.1.